The third-order valence-electron chi connectivity index (χ3n) is 2.34. The Balaban J connectivity index is 2.95. The first-order valence-corrected chi connectivity index (χ1v) is 6.61. The number of halogens is 2. The van der Waals surface area contributed by atoms with E-state index in [1.54, 1.807) is 0 Å². The number of ketones is 1. The van der Waals surface area contributed by atoms with Crippen LogP contribution in [0.3, 0.4) is 0 Å². The zero-order valence-corrected chi connectivity index (χ0v) is 11.1. The van der Waals surface area contributed by atoms with Gasteiger partial charge in [-0.25, -0.2) is 0 Å². The third kappa shape index (κ3) is 3.62. The van der Waals surface area contributed by atoms with E-state index >= 15 is 0 Å². The minimum Gasteiger partial charge on any atom is -0.298 e. The minimum atomic E-state index is 0.205. The molecule has 15 heavy (non-hydrogen) atoms. The number of Topliss-reactive ketones (excluding diaryl/α,β-unsaturated/α-hetero) is 1. The summed E-state index contributed by atoms with van der Waals surface area (Å²) >= 11 is 8.95. The van der Waals surface area contributed by atoms with Crippen molar-refractivity contribution in [2.75, 3.05) is 5.33 Å². The van der Waals surface area contributed by atoms with Crippen LogP contribution in [0.1, 0.15) is 23.6 Å². The molecule has 0 N–H and O–H groups in total. The summed E-state index contributed by atoms with van der Waals surface area (Å²) in [6.07, 6.45) is 1.45. The Morgan fingerprint density at radius 1 is 1.40 bits per heavy atom. The van der Waals surface area contributed by atoms with Crippen LogP contribution in [0.25, 0.3) is 0 Å². The Labute approximate surface area is 104 Å². The van der Waals surface area contributed by atoms with Gasteiger partial charge in [-0.3, -0.25) is 4.79 Å². The Kier molecular flexibility index (Phi) is 5.34. The average molecular weight is 290 g/mol. The monoisotopic (exact) mass is 288 g/mol. The van der Waals surface area contributed by atoms with Gasteiger partial charge in [0, 0.05) is 12.3 Å². The number of aryl methyl sites for hydroxylation is 1. The SMILES string of the molecule is CCc1ccc(CCl)cc1CC(=O)CBr. The van der Waals surface area contributed by atoms with Crippen molar-refractivity contribution >= 4 is 33.3 Å². The van der Waals surface area contributed by atoms with Gasteiger partial charge >= 0.3 is 0 Å². The van der Waals surface area contributed by atoms with E-state index in [9.17, 15) is 4.79 Å². The highest BCUT2D eigenvalue weighted by Gasteiger charge is 2.07. The second-order valence-electron chi connectivity index (χ2n) is 3.44. The molecule has 0 saturated heterocycles. The number of rotatable bonds is 5. The molecule has 0 aliphatic heterocycles. The number of hydrogen-bond acceptors (Lipinski definition) is 1. The van der Waals surface area contributed by atoms with Gasteiger partial charge in [-0.05, 0) is 23.1 Å². The molecule has 82 valence electrons. The van der Waals surface area contributed by atoms with Gasteiger partial charge in [0.1, 0.15) is 5.78 Å². The van der Waals surface area contributed by atoms with Gasteiger partial charge in [-0.15, -0.1) is 11.6 Å². The Hall–Kier alpha value is -0.340. The number of carbonyl (C=O) groups excluding carboxylic acids is 1. The summed E-state index contributed by atoms with van der Waals surface area (Å²) < 4.78 is 0. The standard InChI is InChI=1S/C12H14BrClO/c1-2-10-4-3-9(8-14)5-11(10)6-12(15)7-13/h3-5H,2,6-8H2,1H3. The lowest BCUT2D eigenvalue weighted by Crippen LogP contribution is -2.06. The van der Waals surface area contributed by atoms with Crippen molar-refractivity contribution in [3.05, 3.63) is 34.9 Å². The molecule has 3 heteroatoms. The smallest absolute Gasteiger partial charge is 0.147 e. The normalized spacial score (nSPS) is 10.3. The number of hydrogen-bond donors (Lipinski definition) is 0. The maximum atomic E-state index is 11.4. The largest absolute Gasteiger partial charge is 0.298 e. The lowest BCUT2D eigenvalue weighted by atomic mass is 9.98. The van der Waals surface area contributed by atoms with Crippen LogP contribution in [-0.2, 0) is 23.5 Å². The van der Waals surface area contributed by atoms with Crippen LogP contribution in [0.2, 0.25) is 0 Å². The molecular formula is C12H14BrClO. The molecule has 0 fully saturated rings. The van der Waals surface area contributed by atoms with Crippen LogP contribution < -0.4 is 0 Å². The fraction of sp³-hybridized carbons (Fsp3) is 0.417. The quantitative estimate of drug-likeness (QED) is 0.758. The molecule has 0 unspecified atom stereocenters. The highest BCUT2D eigenvalue weighted by molar-refractivity contribution is 9.09. The van der Waals surface area contributed by atoms with Crippen molar-refractivity contribution in [2.24, 2.45) is 0 Å². The van der Waals surface area contributed by atoms with Crippen LogP contribution in [0, 0.1) is 0 Å². The lowest BCUT2D eigenvalue weighted by molar-refractivity contribution is -0.115. The van der Waals surface area contributed by atoms with Crippen LogP contribution in [0.5, 0.6) is 0 Å². The van der Waals surface area contributed by atoms with E-state index in [2.05, 4.69) is 28.9 Å². The molecule has 0 aromatic heterocycles. The molecule has 1 aromatic rings. The molecule has 0 spiro atoms. The summed E-state index contributed by atoms with van der Waals surface area (Å²) in [6.45, 7) is 2.10. The number of carbonyl (C=O) groups is 1. The summed E-state index contributed by atoms with van der Waals surface area (Å²) in [5.41, 5.74) is 3.42. The molecule has 0 aliphatic rings. The average Bonchev–Trinajstić information content (AvgIpc) is 2.28. The summed E-state index contributed by atoms with van der Waals surface area (Å²) in [6, 6.07) is 6.12. The Morgan fingerprint density at radius 2 is 2.13 bits per heavy atom. The van der Waals surface area contributed by atoms with Crippen molar-refractivity contribution < 1.29 is 4.79 Å². The van der Waals surface area contributed by atoms with Crippen molar-refractivity contribution in [1.82, 2.24) is 0 Å². The van der Waals surface area contributed by atoms with Crippen molar-refractivity contribution in [2.45, 2.75) is 25.6 Å². The Morgan fingerprint density at radius 3 is 2.67 bits per heavy atom. The van der Waals surface area contributed by atoms with E-state index in [1.807, 2.05) is 12.1 Å². The fourth-order valence-corrected chi connectivity index (χ4v) is 1.90. The molecule has 0 amide bonds. The maximum Gasteiger partial charge on any atom is 0.147 e. The van der Waals surface area contributed by atoms with E-state index in [-0.39, 0.29) is 5.78 Å². The third-order valence-corrected chi connectivity index (χ3v) is 3.28. The number of benzene rings is 1. The van der Waals surface area contributed by atoms with E-state index in [0.717, 1.165) is 17.5 Å². The summed E-state index contributed by atoms with van der Waals surface area (Å²) in [7, 11) is 0. The molecule has 0 saturated carbocycles. The molecule has 1 rings (SSSR count). The van der Waals surface area contributed by atoms with E-state index in [1.165, 1.54) is 5.56 Å². The zero-order chi connectivity index (χ0) is 11.3. The zero-order valence-electron chi connectivity index (χ0n) is 8.72. The van der Waals surface area contributed by atoms with Crippen LogP contribution >= 0.6 is 27.5 Å². The van der Waals surface area contributed by atoms with Gasteiger partial charge in [-0.1, -0.05) is 41.1 Å². The predicted octanol–water partition coefficient (Wildman–Crippen LogP) is 3.49. The second kappa shape index (κ2) is 6.29. The van der Waals surface area contributed by atoms with Crippen LogP contribution in [0.4, 0.5) is 0 Å². The minimum absolute atomic E-state index is 0.205. The van der Waals surface area contributed by atoms with Gasteiger partial charge in [0.2, 0.25) is 0 Å². The van der Waals surface area contributed by atoms with Crippen molar-refractivity contribution in [3.8, 4) is 0 Å². The van der Waals surface area contributed by atoms with Gasteiger partial charge in [0.15, 0.2) is 0 Å². The van der Waals surface area contributed by atoms with Gasteiger partial charge in [0.05, 0.1) is 5.33 Å². The molecule has 1 nitrogen and oxygen atoms in total. The van der Waals surface area contributed by atoms with E-state index in [0.29, 0.717) is 17.6 Å². The molecule has 0 radical (unpaired) electrons. The summed E-state index contributed by atoms with van der Waals surface area (Å²) in [5, 5.41) is 0.418. The molecule has 0 atom stereocenters. The molecule has 1 aromatic carbocycles. The highest BCUT2D eigenvalue weighted by atomic mass is 79.9. The molecule has 0 bridgehead atoms. The van der Waals surface area contributed by atoms with E-state index in [4.69, 9.17) is 11.6 Å². The summed E-state index contributed by atoms with van der Waals surface area (Å²) in [4.78, 5) is 11.4. The first kappa shape index (κ1) is 12.7. The van der Waals surface area contributed by atoms with Crippen LogP contribution in [0.15, 0.2) is 18.2 Å². The first-order chi connectivity index (χ1) is 7.21. The molecule has 0 heterocycles. The second-order valence-corrected chi connectivity index (χ2v) is 4.27. The number of alkyl halides is 2. The van der Waals surface area contributed by atoms with Crippen molar-refractivity contribution in [1.29, 1.82) is 0 Å². The molecular weight excluding hydrogens is 275 g/mol. The molecule has 0 aliphatic carbocycles. The van der Waals surface area contributed by atoms with Crippen LogP contribution in [-0.4, -0.2) is 11.1 Å². The topological polar surface area (TPSA) is 17.1 Å². The van der Waals surface area contributed by atoms with E-state index < -0.39 is 0 Å². The van der Waals surface area contributed by atoms with Gasteiger partial charge in [0.25, 0.3) is 0 Å². The van der Waals surface area contributed by atoms with Gasteiger partial charge in [-0.2, -0.15) is 0 Å². The van der Waals surface area contributed by atoms with Gasteiger partial charge < -0.3 is 0 Å². The fourth-order valence-electron chi connectivity index (χ4n) is 1.53. The predicted molar refractivity (Wildman–Crippen MR) is 67.9 cm³/mol. The maximum absolute atomic E-state index is 11.4. The summed E-state index contributed by atoms with van der Waals surface area (Å²) in [5.74, 6) is 0.705. The van der Waals surface area contributed by atoms with Crippen molar-refractivity contribution in [3.63, 3.8) is 0 Å². The Bertz CT molecular complexity index is 349. The highest BCUT2D eigenvalue weighted by Crippen LogP contribution is 2.15. The lowest BCUT2D eigenvalue weighted by Gasteiger charge is -2.08. The first-order valence-electron chi connectivity index (χ1n) is 4.95.